The molecule has 5 heteroatoms. The Morgan fingerprint density at radius 1 is 1.67 bits per heavy atom. The Labute approximate surface area is 97.2 Å². The van der Waals surface area contributed by atoms with Crippen molar-refractivity contribution in [2.24, 2.45) is 0 Å². The van der Waals surface area contributed by atoms with E-state index in [1.54, 1.807) is 25.4 Å². The van der Waals surface area contributed by atoms with E-state index in [1.165, 1.54) is 0 Å². The van der Waals surface area contributed by atoms with Crippen LogP contribution in [0.1, 0.15) is 16.8 Å². The molecule has 0 spiro atoms. The molecule has 0 saturated heterocycles. The summed E-state index contributed by atoms with van der Waals surface area (Å²) in [6.45, 7) is 1.27. The van der Waals surface area contributed by atoms with Crippen LogP contribution < -0.4 is 5.32 Å². The molecule has 15 heavy (non-hydrogen) atoms. The number of carbonyl (C=O) groups excluding carboxylic acids is 1. The van der Waals surface area contributed by atoms with Crippen molar-refractivity contribution in [3.05, 3.63) is 28.5 Å². The number of methoxy groups -OCH3 is 1. The Morgan fingerprint density at radius 3 is 3.13 bits per heavy atom. The molecule has 0 radical (unpaired) electrons. The lowest BCUT2D eigenvalue weighted by Crippen LogP contribution is -2.25. The average Bonchev–Trinajstić information content (AvgIpc) is 2.24. The molecule has 1 aromatic rings. The van der Waals surface area contributed by atoms with Crippen LogP contribution >= 0.6 is 15.9 Å². The van der Waals surface area contributed by atoms with Gasteiger partial charge in [-0.1, -0.05) is 0 Å². The summed E-state index contributed by atoms with van der Waals surface area (Å²) in [4.78, 5) is 15.5. The zero-order valence-corrected chi connectivity index (χ0v) is 10.1. The summed E-state index contributed by atoms with van der Waals surface area (Å²) in [6, 6.07) is 3.36. The minimum absolute atomic E-state index is 0.0887. The van der Waals surface area contributed by atoms with Crippen LogP contribution in [0.15, 0.2) is 22.9 Å². The number of nitrogens with zero attached hydrogens (tertiary/aromatic N) is 1. The van der Waals surface area contributed by atoms with E-state index in [1.807, 2.05) is 0 Å². The van der Waals surface area contributed by atoms with Crippen LogP contribution in [-0.4, -0.2) is 31.2 Å². The van der Waals surface area contributed by atoms with Crippen molar-refractivity contribution in [1.82, 2.24) is 10.3 Å². The van der Waals surface area contributed by atoms with Gasteiger partial charge in [-0.15, -0.1) is 0 Å². The predicted octanol–water partition coefficient (Wildman–Crippen LogP) is 1.61. The van der Waals surface area contributed by atoms with Crippen LogP contribution in [0.3, 0.4) is 0 Å². The fourth-order valence-electron chi connectivity index (χ4n) is 1.06. The number of ether oxygens (including phenoxy) is 1. The van der Waals surface area contributed by atoms with Crippen molar-refractivity contribution in [2.45, 2.75) is 6.42 Å². The summed E-state index contributed by atoms with van der Waals surface area (Å²) in [5, 5.41) is 2.79. The number of pyridine rings is 1. The molecule has 0 aliphatic rings. The first-order valence-electron chi connectivity index (χ1n) is 4.62. The maximum atomic E-state index is 11.6. The zero-order valence-electron chi connectivity index (χ0n) is 8.50. The van der Waals surface area contributed by atoms with Gasteiger partial charge in [0.1, 0.15) is 4.60 Å². The largest absolute Gasteiger partial charge is 0.385 e. The standard InChI is InChI=1S/C10H13BrN2O2/c1-15-6-2-4-13-10(14)8-3-5-12-9(11)7-8/h3,5,7H,2,4,6H2,1H3,(H,13,14). The average molecular weight is 273 g/mol. The molecule has 1 amide bonds. The predicted molar refractivity (Wildman–Crippen MR) is 60.8 cm³/mol. The molecule has 0 fully saturated rings. The number of halogens is 1. The van der Waals surface area contributed by atoms with E-state index in [0.29, 0.717) is 23.3 Å². The third-order valence-corrected chi connectivity index (χ3v) is 2.23. The van der Waals surface area contributed by atoms with Crippen LogP contribution in [0.2, 0.25) is 0 Å². The Hall–Kier alpha value is -0.940. The monoisotopic (exact) mass is 272 g/mol. The van der Waals surface area contributed by atoms with Crippen LogP contribution in [0.4, 0.5) is 0 Å². The second-order valence-electron chi connectivity index (χ2n) is 2.97. The Balaban J connectivity index is 2.40. The van der Waals surface area contributed by atoms with Crippen molar-refractivity contribution in [1.29, 1.82) is 0 Å². The van der Waals surface area contributed by atoms with E-state index in [0.717, 1.165) is 6.42 Å². The highest BCUT2D eigenvalue weighted by atomic mass is 79.9. The summed E-state index contributed by atoms with van der Waals surface area (Å²) in [5.41, 5.74) is 0.606. The molecule has 1 heterocycles. The molecule has 1 rings (SSSR count). The van der Waals surface area contributed by atoms with Crippen LogP contribution in [-0.2, 0) is 4.74 Å². The molecule has 1 N–H and O–H groups in total. The van der Waals surface area contributed by atoms with Crippen molar-refractivity contribution >= 4 is 21.8 Å². The highest BCUT2D eigenvalue weighted by molar-refractivity contribution is 9.10. The van der Waals surface area contributed by atoms with Gasteiger partial charge in [0.15, 0.2) is 0 Å². The highest BCUT2D eigenvalue weighted by Crippen LogP contribution is 2.07. The molecule has 0 bridgehead atoms. The normalized spacial score (nSPS) is 10.0. The van der Waals surface area contributed by atoms with Gasteiger partial charge in [-0.2, -0.15) is 0 Å². The van der Waals surface area contributed by atoms with E-state index >= 15 is 0 Å². The Bertz CT molecular complexity index is 331. The van der Waals surface area contributed by atoms with E-state index < -0.39 is 0 Å². The first-order valence-corrected chi connectivity index (χ1v) is 5.42. The third-order valence-electron chi connectivity index (χ3n) is 1.80. The lowest BCUT2D eigenvalue weighted by molar-refractivity contribution is 0.0948. The second-order valence-corrected chi connectivity index (χ2v) is 3.78. The number of amides is 1. The minimum atomic E-state index is -0.0887. The highest BCUT2D eigenvalue weighted by Gasteiger charge is 2.04. The first-order chi connectivity index (χ1) is 7.24. The SMILES string of the molecule is COCCCNC(=O)c1ccnc(Br)c1. The van der Waals surface area contributed by atoms with Gasteiger partial charge in [-0.05, 0) is 34.5 Å². The fourth-order valence-corrected chi connectivity index (χ4v) is 1.43. The lowest BCUT2D eigenvalue weighted by atomic mass is 10.2. The van der Waals surface area contributed by atoms with Gasteiger partial charge >= 0.3 is 0 Å². The molecule has 0 aromatic carbocycles. The number of rotatable bonds is 5. The maximum absolute atomic E-state index is 11.6. The van der Waals surface area contributed by atoms with Crippen molar-refractivity contribution in [2.75, 3.05) is 20.3 Å². The molecule has 0 atom stereocenters. The molecule has 82 valence electrons. The van der Waals surface area contributed by atoms with Crippen LogP contribution in [0, 0.1) is 0 Å². The van der Waals surface area contributed by atoms with Gasteiger partial charge in [0.05, 0.1) is 0 Å². The zero-order chi connectivity index (χ0) is 11.1. The summed E-state index contributed by atoms with van der Waals surface area (Å²) < 4.78 is 5.54. The fraction of sp³-hybridized carbons (Fsp3) is 0.400. The first kappa shape index (κ1) is 12.1. The van der Waals surface area contributed by atoms with Gasteiger partial charge in [0, 0.05) is 32.0 Å². The van der Waals surface area contributed by atoms with Crippen molar-refractivity contribution in [3.8, 4) is 0 Å². The van der Waals surface area contributed by atoms with E-state index in [9.17, 15) is 4.79 Å². The number of aromatic nitrogens is 1. The van der Waals surface area contributed by atoms with Gasteiger partial charge in [0.2, 0.25) is 0 Å². The van der Waals surface area contributed by atoms with Crippen molar-refractivity contribution in [3.63, 3.8) is 0 Å². The molecule has 1 aromatic heterocycles. The molecule has 0 aliphatic carbocycles. The third kappa shape index (κ3) is 4.40. The molecular weight excluding hydrogens is 260 g/mol. The van der Waals surface area contributed by atoms with Gasteiger partial charge in [-0.25, -0.2) is 4.98 Å². The lowest BCUT2D eigenvalue weighted by Gasteiger charge is -2.04. The maximum Gasteiger partial charge on any atom is 0.251 e. The molecule has 0 aliphatic heterocycles. The quantitative estimate of drug-likeness (QED) is 0.655. The summed E-state index contributed by atoms with van der Waals surface area (Å²) in [5.74, 6) is -0.0887. The number of nitrogens with one attached hydrogen (secondary N) is 1. The number of hydrogen-bond donors (Lipinski definition) is 1. The van der Waals surface area contributed by atoms with Gasteiger partial charge in [0.25, 0.3) is 5.91 Å². The van der Waals surface area contributed by atoms with E-state index in [2.05, 4.69) is 26.2 Å². The molecule has 0 unspecified atom stereocenters. The van der Waals surface area contributed by atoms with E-state index in [-0.39, 0.29) is 5.91 Å². The number of hydrogen-bond acceptors (Lipinski definition) is 3. The topological polar surface area (TPSA) is 51.2 Å². The van der Waals surface area contributed by atoms with Crippen LogP contribution in [0.25, 0.3) is 0 Å². The molecular formula is C10H13BrN2O2. The number of carbonyl (C=O) groups is 1. The molecule has 4 nitrogen and oxygen atoms in total. The van der Waals surface area contributed by atoms with Crippen molar-refractivity contribution < 1.29 is 9.53 Å². The Kier molecular flexibility index (Phi) is 5.28. The van der Waals surface area contributed by atoms with E-state index in [4.69, 9.17) is 4.74 Å². The van der Waals surface area contributed by atoms with Crippen LogP contribution in [0.5, 0.6) is 0 Å². The van der Waals surface area contributed by atoms with Gasteiger partial charge in [-0.3, -0.25) is 4.79 Å². The smallest absolute Gasteiger partial charge is 0.251 e. The summed E-state index contributed by atoms with van der Waals surface area (Å²) in [6.07, 6.45) is 2.41. The summed E-state index contributed by atoms with van der Waals surface area (Å²) in [7, 11) is 1.64. The minimum Gasteiger partial charge on any atom is -0.385 e. The van der Waals surface area contributed by atoms with Gasteiger partial charge < -0.3 is 10.1 Å². The summed E-state index contributed by atoms with van der Waals surface area (Å²) >= 11 is 3.21. The Morgan fingerprint density at radius 2 is 2.47 bits per heavy atom. The second kappa shape index (κ2) is 6.53. The molecule has 0 saturated carbocycles.